The highest BCUT2D eigenvalue weighted by Crippen LogP contribution is 2.43. The number of Topliss-reactive ketones (excluding diaryl/α,β-unsaturated/α-hetero) is 1. The first-order valence-electron chi connectivity index (χ1n) is 9.45. The van der Waals surface area contributed by atoms with Gasteiger partial charge in [0.15, 0.2) is 5.78 Å². The molecule has 1 aliphatic heterocycles. The minimum atomic E-state index is -1.04. The maximum Gasteiger partial charge on any atom is 0.335 e. The smallest absolute Gasteiger partial charge is 0.335 e. The molecule has 142 valence electrons. The molecule has 1 N–H and O–H groups in total. The summed E-state index contributed by atoms with van der Waals surface area (Å²) in [5, 5.41) is 9.29. The molecule has 0 fully saturated rings. The van der Waals surface area contributed by atoms with Crippen molar-refractivity contribution < 1.29 is 19.5 Å². The zero-order valence-electron chi connectivity index (χ0n) is 15.6. The number of aryl methyl sites for hydroxylation is 1. The van der Waals surface area contributed by atoms with Gasteiger partial charge in [0.25, 0.3) is 0 Å². The number of benzene rings is 2. The standard InChI is InChI=1S/C23H21NO4/c1-14-8-10-15(11-9-14)18-13-21(26)24(19-6-3-7-20(25)22(18)19)17-5-2-4-16(12-17)23(27)28/h2,4-5,8-12,18H,3,6-7,13H2,1H3,(H,27,28). The number of ketones is 1. The highest BCUT2D eigenvalue weighted by Gasteiger charge is 2.39. The lowest BCUT2D eigenvalue weighted by Gasteiger charge is -2.38. The second-order valence-corrected chi connectivity index (χ2v) is 7.39. The highest BCUT2D eigenvalue weighted by atomic mass is 16.4. The van der Waals surface area contributed by atoms with Gasteiger partial charge >= 0.3 is 5.97 Å². The molecule has 1 aliphatic carbocycles. The van der Waals surface area contributed by atoms with E-state index in [1.165, 1.54) is 12.1 Å². The van der Waals surface area contributed by atoms with Gasteiger partial charge in [0.1, 0.15) is 0 Å². The van der Waals surface area contributed by atoms with Gasteiger partial charge in [-0.15, -0.1) is 0 Å². The lowest BCUT2D eigenvalue weighted by molar-refractivity contribution is -0.119. The molecule has 5 heteroatoms. The van der Waals surface area contributed by atoms with Crippen molar-refractivity contribution in [3.63, 3.8) is 0 Å². The SMILES string of the molecule is Cc1ccc(C2CC(=O)N(c3cccc(C(=O)O)c3)C3=C2C(=O)CCC3)cc1. The molecular weight excluding hydrogens is 354 g/mol. The number of amides is 1. The third-order valence-electron chi connectivity index (χ3n) is 5.51. The molecular formula is C23H21NO4. The van der Waals surface area contributed by atoms with E-state index in [1.54, 1.807) is 17.0 Å². The van der Waals surface area contributed by atoms with Crippen molar-refractivity contribution in [2.24, 2.45) is 0 Å². The van der Waals surface area contributed by atoms with Gasteiger partial charge in [0.05, 0.1) is 5.56 Å². The van der Waals surface area contributed by atoms with Gasteiger partial charge in [-0.05, 0) is 43.5 Å². The summed E-state index contributed by atoms with van der Waals surface area (Å²) in [7, 11) is 0. The van der Waals surface area contributed by atoms with E-state index in [2.05, 4.69) is 0 Å². The monoisotopic (exact) mass is 375 g/mol. The molecule has 0 saturated carbocycles. The molecule has 0 saturated heterocycles. The number of allylic oxidation sites excluding steroid dienone is 2. The highest BCUT2D eigenvalue weighted by molar-refractivity contribution is 6.07. The van der Waals surface area contributed by atoms with Crippen LogP contribution in [0.2, 0.25) is 0 Å². The van der Waals surface area contributed by atoms with Crippen LogP contribution in [-0.2, 0) is 9.59 Å². The zero-order chi connectivity index (χ0) is 19.8. The van der Waals surface area contributed by atoms with Crippen LogP contribution < -0.4 is 4.90 Å². The summed E-state index contributed by atoms with van der Waals surface area (Å²) in [5.41, 5.74) is 4.16. The Kier molecular flexibility index (Phi) is 4.59. The largest absolute Gasteiger partial charge is 0.478 e. The number of aromatic carboxylic acids is 1. The quantitative estimate of drug-likeness (QED) is 0.872. The van der Waals surface area contributed by atoms with Crippen molar-refractivity contribution in [3.05, 3.63) is 76.5 Å². The first kappa shape index (κ1) is 18.2. The van der Waals surface area contributed by atoms with Gasteiger partial charge in [-0.2, -0.15) is 0 Å². The van der Waals surface area contributed by atoms with Crippen molar-refractivity contribution >= 4 is 23.3 Å². The summed E-state index contributed by atoms with van der Waals surface area (Å²) >= 11 is 0. The first-order valence-corrected chi connectivity index (χ1v) is 9.45. The van der Waals surface area contributed by atoms with Crippen LogP contribution in [0.5, 0.6) is 0 Å². The average molecular weight is 375 g/mol. The van der Waals surface area contributed by atoms with E-state index in [9.17, 15) is 19.5 Å². The number of hydrogen-bond donors (Lipinski definition) is 1. The minimum absolute atomic E-state index is 0.0821. The van der Waals surface area contributed by atoms with Gasteiger partial charge in [0, 0.05) is 35.7 Å². The van der Waals surface area contributed by atoms with Crippen LogP contribution in [0.25, 0.3) is 0 Å². The van der Waals surface area contributed by atoms with Crippen LogP contribution in [0, 0.1) is 6.92 Å². The maximum absolute atomic E-state index is 13.1. The molecule has 2 aromatic rings. The van der Waals surface area contributed by atoms with Crippen molar-refractivity contribution in [2.45, 2.75) is 38.5 Å². The predicted octanol–water partition coefficient (Wildman–Crippen LogP) is 4.22. The fraction of sp³-hybridized carbons (Fsp3) is 0.261. The van der Waals surface area contributed by atoms with Gasteiger partial charge < -0.3 is 5.11 Å². The van der Waals surface area contributed by atoms with Crippen molar-refractivity contribution in [1.82, 2.24) is 0 Å². The molecule has 2 aliphatic rings. The van der Waals surface area contributed by atoms with E-state index in [-0.39, 0.29) is 29.6 Å². The number of nitrogens with zero attached hydrogens (tertiary/aromatic N) is 1. The lowest BCUT2D eigenvalue weighted by atomic mass is 9.77. The Hall–Kier alpha value is -3.21. The lowest BCUT2D eigenvalue weighted by Crippen LogP contribution is -2.40. The molecule has 5 nitrogen and oxygen atoms in total. The maximum atomic E-state index is 13.1. The van der Waals surface area contributed by atoms with E-state index >= 15 is 0 Å². The molecule has 1 amide bonds. The van der Waals surface area contributed by atoms with Crippen LogP contribution >= 0.6 is 0 Å². The third kappa shape index (κ3) is 3.13. The van der Waals surface area contributed by atoms with Crippen LogP contribution in [-0.4, -0.2) is 22.8 Å². The van der Waals surface area contributed by atoms with Crippen molar-refractivity contribution in [3.8, 4) is 0 Å². The van der Waals surface area contributed by atoms with E-state index in [0.717, 1.165) is 16.8 Å². The molecule has 1 heterocycles. The van der Waals surface area contributed by atoms with Crippen molar-refractivity contribution in [2.75, 3.05) is 4.90 Å². The van der Waals surface area contributed by atoms with Crippen LogP contribution in [0.4, 0.5) is 5.69 Å². The second kappa shape index (κ2) is 7.08. The normalized spacial score (nSPS) is 19.6. The fourth-order valence-electron chi connectivity index (χ4n) is 4.15. The number of carbonyl (C=O) groups excluding carboxylic acids is 2. The van der Waals surface area contributed by atoms with Gasteiger partial charge in [-0.3, -0.25) is 14.5 Å². The number of carboxylic acid groups (broad SMARTS) is 1. The molecule has 0 radical (unpaired) electrons. The van der Waals surface area contributed by atoms with Crippen molar-refractivity contribution in [1.29, 1.82) is 0 Å². The van der Waals surface area contributed by atoms with Crippen LogP contribution in [0.3, 0.4) is 0 Å². The Balaban J connectivity index is 1.84. The van der Waals surface area contributed by atoms with Gasteiger partial charge in [-0.1, -0.05) is 35.9 Å². The Morgan fingerprint density at radius 1 is 1.07 bits per heavy atom. The molecule has 1 unspecified atom stereocenters. The van der Waals surface area contributed by atoms with Crippen LogP contribution in [0.15, 0.2) is 59.8 Å². The number of carboxylic acids is 1. The van der Waals surface area contributed by atoms with E-state index < -0.39 is 5.97 Å². The number of hydrogen-bond acceptors (Lipinski definition) is 3. The molecule has 4 rings (SSSR count). The summed E-state index contributed by atoms with van der Waals surface area (Å²) in [6.07, 6.45) is 2.01. The van der Waals surface area contributed by atoms with Gasteiger partial charge in [0.2, 0.25) is 5.91 Å². The second-order valence-electron chi connectivity index (χ2n) is 7.39. The predicted molar refractivity (Wildman–Crippen MR) is 105 cm³/mol. The summed E-state index contributed by atoms with van der Waals surface area (Å²) < 4.78 is 0. The Labute approximate surface area is 163 Å². The topological polar surface area (TPSA) is 74.7 Å². The van der Waals surface area contributed by atoms with E-state index in [1.807, 2.05) is 31.2 Å². The zero-order valence-corrected chi connectivity index (χ0v) is 15.6. The molecule has 28 heavy (non-hydrogen) atoms. The Morgan fingerprint density at radius 2 is 1.82 bits per heavy atom. The molecule has 2 aromatic carbocycles. The van der Waals surface area contributed by atoms with Crippen LogP contribution in [0.1, 0.15) is 53.1 Å². The molecule has 0 spiro atoms. The summed E-state index contributed by atoms with van der Waals surface area (Å²) in [6, 6.07) is 14.3. The third-order valence-corrected chi connectivity index (χ3v) is 5.51. The number of rotatable bonds is 3. The minimum Gasteiger partial charge on any atom is -0.478 e. The van der Waals surface area contributed by atoms with E-state index in [0.29, 0.717) is 30.5 Å². The summed E-state index contributed by atoms with van der Waals surface area (Å²) in [5.74, 6) is -1.31. The number of anilines is 1. The summed E-state index contributed by atoms with van der Waals surface area (Å²) in [6.45, 7) is 2.00. The molecule has 0 aromatic heterocycles. The van der Waals surface area contributed by atoms with Gasteiger partial charge in [-0.25, -0.2) is 4.79 Å². The Morgan fingerprint density at radius 3 is 2.54 bits per heavy atom. The Bertz CT molecular complexity index is 1000. The molecule has 0 bridgehead atoms. The molecule has 1 atom stereocenters. The van der Waals surface area contributed by atoms with E-state index in [4.69, 9.17) is 0 Å². The first-order chi connectivity index (χ1) is 13.5. The average Bonchev–Trinajstić information content (AvgIpc) is 2.68. The fourth-order valence-corrected chi connectivity index (χ4v) is 4.15. The number of carbonyl (C=O) groups is 3. The summed E-state index contributed by atoms with van der Waals surface area (Å²) in [4.78, 5) is 38.9.